The van der Waals surface area contributed by atoms with Gasteiger partial charge < -0.3 is 4.74 Å². The van der Waals surface area contributed by atoms with E-state index in [2.05, 4.69) is 4.98 Å². The molecule has 0 N–H and O–H groups in total. The van der Waals surface area contributed by atoms with Crippen LogP contribution in [-0.2, 0) is 0 Å². The number of carbonyl (C=O) groups excluding carboxylic acids is 1. The summed E-state index contributed by atoms with van der Waals surface area (Å²) in [6, 6.07) is 7.43. The summed E-state index contributed by atoms with van der Waals surface area (Å²) in [5, 5.41) is 1.77. The second-order valence-corrected chi connectivity index (χ2v) is 4.05. The molecule has 0 aliphatic rings. The van der Waals surface area contributed by atoms with E-state index in [0.29, 0.717) is 11.3 Å². The van der Waals surface area contributed by atoms with E-state index in [-0.39, 0.29) is 0 Å². The Hall–Kier alpha value is -1.55. The van der Waals surface area contributed by atoms with Gasteiger partial charge in [-0.2, -0.15) is 0 Å². The molecule has 82 valence electrons. The molecule has 0 fully saturated rings. The average molecular weight is 233 g/mol. The third-order valence-electron chi connectivity index (χ3n) is 2.39. The summed E-state index contributed by atoms with van der Waals surface area (Å²) >= 11 is 1.58. The molecular weight excluding hydrogens is 222 g/mol. The normalized spacial score (nSPS) is 10.4. The van der Waals surface area contributed by atoms with Gasteiger partial charge in [0.1, 0.15) is 5.75 Å². The molecule has 0 radical (unpaired) electrons. The average Bonchev–Trinajstić information content (AvgIpc) is 2.36. The number of benzene rings is 1. The number of fused-ring (bicyclic) bond motifs is 1. The molecule has 0 aliphatic heterocycles. The monoisotopic (exact) mass is 233 g/mol. The number of aromatic nitrogens is 1. The van der Waals surface area contributed by atoms with Crippen molar-refractivity contribution < 1.29 is 9.53 Å². The zero-order valence-corrected chi connectivity index (χ0v) is 9.88. The summed E-state index contributed by atoms with van der Waals surface area (Å²) < 4.78 is 5.14. The zero-order chi connectivity index (χ0) is 11.5. The molecule has 1 aromatic heterocycles. The molecule has 1 aromatic carbocycles. The van der Waals surface area contributed by atoms with E-state index in [1.54, 1.807) is 24.9 Å². The maximum atomic E-state index is 11.0. The Bertz CT molecular complexity index is 540. The van der Waals surface area contributed by atoms with Crippen LogP contribution in [0.15, 0.2) is 29.3 Å². The van der Waals surface area contributed by atoms with Crippen molar-refractivity contribution >= 4 is 29.0 Å². The molecule has 2 rings (SSSR count). The van der Waals surface area contributed by atoms with Gasteiger partial charge >= 0.3 is 0 Å². The maximum absolute atomic E-state index is 11.0. The predicted octanol–water partition coefficient (Wildman–Crippen LogP) is 2.78. The lowest BCUT2D eigenvalue weighted by Gasteiger charge is -2.07. The lowest BCUT2D eigenvalue weighted by atomic mass is 10.1. The van der Waals surface area contributed by atoms with E-state index in [1.165, 1.54) is 0 Å². The van der Waals surface area contributed by atoms with E-state index in [4.69, 9.17) is 4.74 Å². The van der Waals surface area contributed by atoms with Crippen LogP contribution in [0, 0.1) is 0 Å². The Morgan fingerprint density at radius 2 is 2.12 bits per heavy atom. The number of methoxy groups -OCH3 is 1. The number of hydrogen-bond donors (Lipinski definition) is 0. The first kappa shape index (κ1) is 11.0. The first-order chi connectivity index (χ1) is 7.80. The zero-order valence-electron chi connectivity index (χ0n) is 9.06. The van der Waals surface area contributed by atoms with Crippen LogP contribution in [0.3, 0.4) is 0 Å². The molecule has 4 heteroatoms. The van der Waals surface area contributed by atoms with Crippen molar-refractivity contribution in [2.75, 3.05) is 13.4 Å². The van der Waals surface area contributed by atoms with Crippen molar-refractivity contribution in [1.82, 2.24) is 4.98 Å². The molecule has 3 nitrogen and oxygen atoms in total. The molecule has 0 aliphatic carbocycles. The number of nitrogens with zero attached hydrogens (tertiary/aromatic N) is 1. The fourth-order valence-corrected chi connectivity index (χ4v) is 2.00. The smallest absolute Gasteiger partial charge is 0.154 e. The van der Waals surface area contributed by atoms with Crippen molar-refractivity contribution in [2.45, 2.75) is 5.03 Å². The summed E-state index contributed by atoms with van der Waals surface area (Å²) in [5.74, 6) is 0.584. The molecule has 0 atom stereocenters. The number of pyridine rings is 1. The summed E-state index contributed by atoms with van der Waals surface area (Å²) in [5.41, 5.74) is 1.37. The first-order valence-electron chi connectivity index (χ1n) is 4.77. The van der Waals surface area contributed by atoms with Crippen LogP contribution in [-0.4, -0.2) is 24.6 Å². The standard InChI is InChI=1S/C12H11NO2S/c1-15-11-5-4-10-8(9(11)7-14)3-6-12(13-10)16-2/h3-7H,1-2H3. The second-order valence-electron chi connectivity index (χ2n) is 3.22. The molecule has 2 aromatic rings. The van der Waals surface area contributed by atoms with Gasteiger partial charge in [0.25, 0.3) is 0 Å². The maximum Gasteiger partial charge on any atom is 0.154 e. The minimum Gasteiger partial charge on any atom is -0.496 e. The van der Waals surface area contributed by atoms with E-state index in [9.17, 15) is 4.79 Å². The largest absolute Gasteiger partial charge is 0.496 e. The summed E-state index contributed by atoms with van der Waals surface area (Å²) in [7, 11) is 1.55. The molecule has 0 saturated heterocycles. The number of aldehydes is 1. The van der Waals surface area contributed by atoms with E-state index >= 15 is 0 Å². The molecule has 1 heterocycles. The van der Waals surface area contributed by atoms with Gasteiger partial charge in [-0.15, -0.1) is 11.8 Å². The van der Waals surface area contributed by atoms with Crippen LogP contribution < -0.4 is 4.74 Å². The van der Waals surface area contributed by atoms with Crippen LogP contribution in [0.5, 0.6) is 5.75 Å². The minimum atomic E-state index is 0.556. The highest BCUT2D eigenvalue weighted by atomic mass is 32.2. The number of carbonyl (C=O) groups is 1. The summed E-state index contributed by atoms with van der Waals surface area (Å²) in [4.78, 5) is 15.5. The molecule has 0 bridgehead atoms. The number of thioether (sulfide) groups is 1. The van der Waals surface area contributed by atoms with Crippen molar-refractivity contribution in [2.24, 2.45) is 0 Å². The van der Waals surface area contributed by atoms with E-state index < -0.39 is 0 Å². The Kier molecular flexibility index (Phi) is 3.10. The topological polar surface area (TPSA) is 39.2 Å². The summed E-state index contributed by atoms with van der Waals surface area (Å²) in [6.07, 6.45) is 2.78. The van der Waals surface area contributed by atoms with Gasteiger partial charge in [-0.05, 0) is 30.5 Å². The van der Waals surface area contributed by atoms with Crippen molar-refractivity contribution in [3.8, 4) is 5.75 Å². The molecule has 0 spiro atoms. The molecule has 0 unspecified atom stereocenters. The van der Waals surface area contributed by atoms with Crippen LogP contribution >= 0.6 is 11.8 Å². The van der Waals surface area contributed by atoms with Gasteiger partial charge in [-0.3, -0.25) is 4.79 Å². The Labute approximate surface area is 97.8 Å². The fraction of sp³-hybridized carbons (Fsp3) is 0.167. The van der Waals surface area contributed by atoms with Gasteiger partial charge in [0.2, 0.25) is 0 Å². The summed E-state index contributed by atoms with van der Waals surface area (Å²) in [6.45, 7) is 0. The highest BCUT2D eigenvalue weighted by Crippen LogP contribution is 2.27. The van der Waals surface area contributed by atoms with Crippen LogP contribution in [0.25, 0.3) is 10.9 Å². The number of hydrogen-bond acceptors (Lipinski definition) is 4. The number of ether oxygens (including phenoxy) is 1. The van der Waals surface area contributed by atoms with Gasteiger partial charge in [0.15, 0.2) is 6.29 Å². The van der Waals surface area contributed by atoms with E-state index in [0.717, 1.165) is 22.2 Å². The van der Waals surface area contributed by atoms with Gasteiger partial charge in [0.05, 0.1) is 23.2 Å². The molecular formula is C12H11NO2S. The second kappa shape index (κ2) is 4.53. The van der Waals surface area contributed by atoms with Crippen LogP contribution in [0.4, 0.5) is 0 Å². The van der Waals surface area contributed by atoms with Crippen LogP contribution in [0.1, 0.15) is 10.4 Å². The van der Waals surface area contributed by atoms with Crippen LogP contribution in [0.2, 0.25) is 0 Å². The van der Waals surface area contributed by atoms with Gasteiger partial charge in [0, 0.05) is 5.39 Å². The lowest BCUT2D eigenvalue weighted by molar-refractivity contribution is 0.112. The molecule has 0 saturated carbocycles. The van der Waals surface area contributed by atoms with Crippen molar-refractivity contribution in [3.05, 3.63) is 29.8 Å². The first-order valence-corrected chi connectivity index (χ1v) is 5.99. The minimum absolute atomic E-state index is 0.556. The quantitative estimate of drug-likeness (QED) is 0.603. The lowest BCUT2D eigenvalue weighted by Crippen LogP contribution is -1.93. The molecule has 0 amide bonds. The molecule has 16 heavy (non-hydrogen) atoms. The highest BCUT2D eigenvalue weighted by molar-refractivity contribution is 7.98. The van der Waals surface area contributed by atoms with Crippen molar-refractivity contribution in [3.63, 3.8) is 0 Å². The Morgan fingerprint density at radius 3 is 2.75 bits per heavy atom. The van der Waals surface area contributed by atoms with E-state index in [1.807, 2.05) is 24.5 Å². The van der Waals surface area contributed by atoms with Gasteiger partial charge in [-0.25, -0.2) is 4.98 Å². The third kappa shape index (κ3) is 1.76. The Morgan fingerprint density at radius 1 is 1.31 bits per heavy atom. The highest BCUT2D eigenvalue weighted by Gasteiger charge is 2.08. The fourth-order valence-electron chi connectivity index (χ4n) is 1.60. The van der Waals surface area contributed by atoms with Gasteiger partial charge in [-0.1, -0.05) is 0 Å². The third-order valence-corrected chi connectivity index (χ3v) is 3.04. The number of rotatable bonds is 3. The predicted molar refractivity (Wildman–Crippen MR) is 65.5 cm³/mol. The van der Waals surface area contributed by atoms with Crippen molar-refractivity contribution in [1.29, 1.82) is 0 Å². The Balaban J connectivity index is 2.74. The SMILES string of the molecule is COc1ccc2nc(SC)ccc2c1C=O.